The van der Waals surface area contributed by atoms with Crippen LogP contribution in [0.3, 0.4) is 0 Å². The molecule has 0 aliphatic heterocycles. The van der Waals surface area contributed by atoms with Gasteiger partial charge in [-0.3, -0.25) is 0 Å². The van der Waals surface area contributed by atoms with Crippen LogP contribution < -0.4 is 0 Å². The van der Waals surface area contributed by atoms with Crippen molar-refractivity contribution in [3.05, 3.63) is 0 Å². The highest BCUT2D eigenvalue weighted by Crippen LogP contribution is 2.50. The van der Waals surface area contributed by atoms with Crippen molar-refractivity contribution in [2.45, 2.75) is 142 Å². The molecule has 30 heavy (non-hydrogen) atoms. The van der Waals surface area contributed by atoms with Crippen LogP contribution in [0.15, 0.2) is 0 Å². The summed E-state index contributed by atoms with van der Waals surface area (Å²) in [4.78, 5) is 0. The molecule has 2 unspecified atom stereocenters. The Labute approximate surface area is 188 Å². The summed E-state index contributed by atoms with van der Waals surface area (Å²) < 4.78 is 0. The van der Waals surface area contributed by atoms with Gasteiger partial charge in [0.15, 0.2) is 0 Å². The van der Waals surface area contributed by atoms with Crippen LogP contribution >= 0.6 is 0 Å². The van der Waals surface area contributed by atoms with Crippen molar-refractivity contribution < 1.29 is 0 Å². The van der Waals surface area contributed by atoms with E-state index in [2.05, 4.69) is 19.9 Å². The van der Waals surface area contributed by atoms with E-state index in [1.165, 1.54) is 128 Å². The van der Waals surface area contributed by atoms with Crippen molar-refractivity contribution in [2.24, 2.45) is 35.0 Å². The predicted octanol–water partition coefficient (Wildman–Crippen LogP) is 9.46. The molecular formula is C29H51N. The molecule has 3 rings (SSSR count). The predicted molar refractivity (Wildman–Crippen MR) is 129 cm³/mol. The van der Waals surface area contributed by atoms with E-state index < -0.39 is 0 Å². The molecule has 2 atom stereocenters. The van der Waals surface area contributed by atoms with Crippen molar-refractivity contribution >= 4 is 0 Å². The molecule has 0 saturated heterocycles. The standard InChI is InChI=1S/C29H51N/c1-3-5-7-10-24-12-14-25(15-13-24)26-16-18-27(19-17-26)28-11-9-21-29(22-28,23-30)20-8-6-4-2/h24-28H,3-22H2,1-2H3/t24-,25-,26-,27-,28?,29?. The van der Waals surface area contributed by atoms with Crippen LogP contribution in [0.25, 0.3) is 0 Å². The van der Waals surface area contributed by atoms with Crippen LogP contribution in [-0.2, 0) is 0 Å². The number of hydrogen-bond acceptors (Lipinski definition) is 1. The first-order valence-corrected chi connectivity index (χ1v) is 14.1. The van der Waals surface area contributed by atoms with Gasteiger partial charge in [0.05, 0.1) is 11.5 Å². The molecule has 0 aromatic rings. The summed E-state index contributed by atoms with van der Waals surface area (Å²) in [5.41, 5.74) is 0.0328. The first-order chi connectivity index (χ1) is 14.7. The average molecular weight is 414 g/mol. The highest BCUT2D eigenvalue weighted by molar-refractivity contribution is 5.03. The van der Waals surface area contributed by atoms with E-state index in [1.807, 2.05) is 0 Å². The lowest BCUT2D eigenvalue weighted by molar-refractivity contribution is 0.0813. The monoisotopic (exact) mass is 413 g/mol. The molecule has 3 fully saturated rings. The molecule has 3 aliphatic rings. The minimum absolute atomic E-state index is 0.0328. The molecule has 0 bridgehead atoms. The molecule has 0 radical (unpaired) electrons. The second-order valence-electron chi connectivity index (χ2n) is 11.7. The van der Waals surface area contributed by atoms with Crippen molar-refractivity contribution in [2.75, 3.05) is 0 Å². The third-order valence-electron chi connectivity index (χ3n) is 9.64. The Bertz CT molecular complexity index is 503. The van der Waals surface area contributed by atoms with E-state index in [1.54, 1.807) is 0 Å². The minimum Gasteiger partial charge on any atom is -0.198 e. The van der Waals surface area contributed by atoms with Crippen LogP contribution in [0, 0.1) is 46.3 Å². The van der Waals surface area contributed by atoms with E-state index in [9.17, 15) is 5.26 Å². The van der Waals surface area contributed by atoms with Gasteiger partial charge in [-0.2, -0.15) is 5.26 Å². The van der Waals surface area contributed by atoms with E-state index in [0.717, 1.165) is 29.6 Å². The summed E-state index contributed by atoms with van der Waals surface area (Å²) in [6.45, 7) is 4.60. The number of nitrogens with zero attached hydrogens (tertiary/aromatic N) is 1. The summed E-state index contributed by atoms with van der Waals surface area (Å²) in [5.74, 6) is 4.93. The highest BCUT2D eigenvalue weighted by atomic mass is 14.5. The van der Waals surface area contributed by atoms with Crippen molar-refractivity contribution in [1.82, 2.24) is 0 Å². The van der Waals surface area contributed by atoms with Crippen LogP contribution in [0.1, 0.15) is 142 Å². The zero-order valence-corrected chi connectivity index (χ0v) is 20.5. The van der Waals surface area contributed by atoms with Crippen molar-refractivity contribution in [1.29, 1.82) is 5.26 Å². The Morgan fingerprint density at radius 2 is 1.27 bits per heavy atom. The summed E-state index contributed by atoms with van der Waals surface area (Å²) in [7, 11) is 0. The fourth-order valence-electron chi connectivity index (χ4n) is 7.63. The van der Waals surface area contributed by atoms with E-state index in [4.69, 9.17) is 0 Å². The lowest BCUT2D eigenvalue weighted by Crippen LogP contribution is -2.34. The number of rotatable bonds is 10. The van der Waals surface area contributed by atoms with Crippen molar-refractivity contribution in [3.63, 3.8) is 0 Å². The van der Waals surface area contributed by atoms with Gasteiger partial charge in [-0.05, 0) is 87.4 Å². The number of unbranched alkanes of at least 4 members (excludes halogenated alkanes) is 4. The maximum atomic E-state index is 10.0. The Balaban J connectivity index is 1.40. The first kappa shape index (κ1) is 24.1. The normalized spacial score (nSPS) is 37.6. The fraction of sp³-hybridized carbons (Fsp3) is 0.966. The maximum Gasteiger partial charge on any atom is 0.0689 e. The number of nitriles is 1. The lowest BCUT2D eigenvalue weighted by Gasteiger charge is -2.43. The molecule has 1 heteroatoms. The summed E-state index contributed by atoms with van der Waals surface area (Å²) in [5, 5.41) is 10.0. The molecule has 0 aromatic carbocycles. The van der Waals surface area contributed by atoms with Crippen LogP contribution in [0.2, 0.25) is 0 Å². The lowest BCUT2D eigenvalue weighted by atomic mass is 9.61. The molecule has 3 saturated carbocycles. The maximum absolute atomic E-state index is 10.0. The summed E-state index contributed by atoms with van der Waals surface area (Å²) in [6, 6.07) is 2.83. The summed E-state index contributed by atoms with van der Waals surface area (Å²) in [6.07, 6.45) is 28.0. The first-order valence-electron chi connectivity index (χ1n) is 14.1. The van der Waals surface area contributed by atoms with Crippen molar-refractivity contribution in [3.8, 4) is 6.07 Å². The third-order valence-corrected chi connectivity index (χ3v) is 9.64. The Morgan fingerprint density at radius 3 is 1.87 bits per heavy atom. The van der Waals surface area contributed by atoms with E-state index >= 15 is 0 Å². The van der Waals surface area contributed by atoms with Gasteiger partial charge in [0, 0.05) is 0 Å². The Kier molecular flexibility index (Phi) is 10.1. The van der Waals surface area contributed by atoms with Crippen LogP contribution in [0.5, 0.6) is 0 Å². The second kappa shape index (κ2) is 12.5. The highest BCUT2D eigenvalue weighted by Gasteiger charge is 2.40. The van der Waals surface area contributed by atoms with Gasteiger partial charge in [0.2, 0.25) is 0 Å². The minimum atomic E-state index is 0.0328. The zero-order valence-electron chi connectivity index (χ0n) is 20.5. The zero-order chi connectivity index (χ0) is 21.2. The molecule has 172 valence electrons. The van der Waals surface area contributed by atoms with Gasteiger partial charge < -0.3 is 0 Å². The second-order valence-corrected chi connectivity index (χ2v) is 11.7. The average Bonchev–Trinajstić information content (AvgIpc) is 2.80. The van der Waals surface area contributed by atoms with E-state index in [-0.39, 0.29) is 5.41 Å². The van der Waals surface area contributed by atoms with Gasteiger partial charge >= 0.3 is 0 Å². The fourth-order valence-corrected chi connectivity index (χ4v) is 7.63. The molecule has 0 aromatic heterocycles. The topological polar surface area (TPSA) is 23.8 Å². The third kappa shape index (κ3) is 6.74. The molecule has 0 N–H and O–H groups in total. The largest absolute Gasteiger partial charge is 0.198 e. The molecule has 1 nitrogen and oxygen atoms in total. The molecule has 0 amide bonds. The summed E-state index contributed by atoms with van der Waals surface area (Å²) >= 11 is 0. The SMILES string of the molecule is CCCCCC1(C#N)CCCC([C@H]2CC[C@H]([C@H]3CC[C@H](CCCCC)CC3)CC2)C1. The van der Waals surface area contributed by atoms with Gasteiger partial charge in [-0.1, -0.05) is 84.5 Å². The van der Waals surface area contributed by atoms with Gasteiger partial charge in [0.1, 0.15) is 0 Å². The molecular weight excluding hydrogens is 362 g/mol. The Hall–Kier alpha value is -0.510. The van der Waals surface area contributed by atoms with E-state index in [0.29, 0.717) is 0 Å². The number of hydrogen-bond donors (Lipinski definition) is 0. The van der Waals surface area contributed by atoms with Gasteiger partial charge in [-0.25, -0.2) is 0 Å². The Morgan fingerprint density at radius 1 is 0.700 bits per heavy atom. The molecule has 3 aliphatic carbocycles. The van der Waals surface area contributed by atoms with Gasteiger partial charge in [0.25, 0.3) is 0 Å². The smallest absolute Gasteiger partial charge is 0.0689 e. The molecule has 0 heterocycles. The van der Waals surface area contributed by atoms with Crippen LogP contribution in [0.4, 0.5) is 0 Å². The molecule has 0 spiro atoms. The van der Waals surface area contributed by atoms with Gasteiger partial charge in [-0.15, -0.1) is 0 Å². The van der Waals surface area contributed by atoms with Crippen LogP contribution in [-0.4, -0.2) is 0 Å². The quantitative estimate of drug-likeness (QED) is 0.327.